The number of thioether (sulfide) groups is 1. The summed E-state index contributed by atoms with van der Waals surface area (Å²) < 4.78 is 7.18. The molecule has 2 heterocycles. The van der Waals surface area contributed by atoms with E-state index < -0.39 is 0 Å². The minimum atomic E-state index is -0.0107. The van der Waals surface area contributed by atoms with Gasteiger partial charge >= 0.3 is 0 Å². The van der Waals surface area contributed by atoms with Crippen LogP contribution in [0.15, 0.2) is 64.6 Å². The van der Waals surface area contributed by atoms with Gasteiger partial charge in [-0.3, -0.25) is 4.79 Å². The van der Waals surface area contributed by atoms with Crippen LogP contribution >= 0.6 is 11.8 Å². The van der Waals surface area contributed by atoms with Gasteiger partial charge in [0.2, 0.25) is 5.91 Å². The number of carbonyl (C=O) groups is 1. The first-order chi connectivity index (χ1) is 11.8. The smallest absolute Gasteiger partial charge is 0.230 e. The molecule has 0 aliphatic rings. The Balaban J connectivity index is 1.42. The van der Waals surface area contributed by atoms with Crippen LogP contribution in [0, 0.1) is 0 Å². The number of aromatic nitrogens is 3. The highest BCUT2D eigenvalue weighted by Gasteiger charge is 2.10. The number of hydrogen-bond donors (Lipinski definition) is 1. The Kier molecular flexibility index (Phi) is 5.68. The van der Waals surface area contributed by atoms with Crippen LogP contribution in [-0.4, -0.2) is 33.0 Å². The first-order valence-corrected chi connectivity index (χ1v) is 8.63. The second-order valence-corrected chi connectivity index (χ2v) is 6.14. The molecule has 1 N–H and O–H groups in total. The number of benzene rings is 1. The van der Waals surface area contributed by atoms with Crippen LogP contribution in [0.2, 0.25) is 0 Å². The molecule has 1 amide bonds. The van der Waals surface area contributed by atoms with Crippen molar-refractivity contribution in [1.29, 1.82) is 0 Å². The molecule has 0 fully saturated rings. The molecule has 0 unspecified atom stereocenters. The summed E-state index contributed by atoms with van der Waals surface area (Å²) in [6, 6.07) is 13.8. The molecule has 2 aromatic heterocycles. The van der Waals surface area contributed by atoms with Crippen LogP contribution in [0.25, 0.3) is 0 Å². The summed E-state index contributed by atoms with van der Waals surface area (Å²) in [6.07, 6.45) is 4.09. The third kappa shape index (κ3) is 4.73. The van der Waals surface area contributed by atoms with Gasteiger partial charge in [0.25, 0.3) is 0 Å². The molecule has 0 aliphatic heterocycles. The Bertz CT molecular complexity index is 756. The first-order valence-electron chi connectivity index (χ1n) is 7.65. The Morgan fingerprint density at radius 3 is 2.88 bits per heavy atom. The highest BCUT2D eigenvalue weighted by atomic mass is 32.2. The zero-order chi connectivity index (χ0) is 16.6. The summed E-state index contributed by atoms with van der Waals surface area (Å²) >= 11 is 1.37. The zero-order valence-electron chi connectivity index (χ0n) is 13.1. The average molecular weight is 342 g/mol. The Morgan fingerprint density at radius 2 is 2.08 bits per heavy atom. The Labute approximate surface area is 144 Å². The fraction of sp³-hybridized carbons (Fsp3) is 0.235. The summed E-state index contributed by atoms with van der Waals surface area (Å²) in [7, 11) is 0. The van der Waals surface area contributed by atoms with Crippen molar-refractivity contribution in [2.24, 2.45) is 0 Å². The minimum absolute atomic E-state index is 0.0107. The van der Waals surface area contributed by atoms with Gasteiger partial charge in [-0.15, -0.1) is 10.2 Å². The van der Waals surface area contributed by atoms with E-state index in [-0.39, 0.29) is 5.91 Å². The highest BCUT2D eigenvalue weighted by molar-refractivity contribution is 7.99. The molecule has 0 atom stereocenters. The molecule has 124 valence electrons. The first kappa shape index (κ1) is 16.3. The van der Waals surface area contributed by atoms with E-state index >= 15 is 0 Å². The summed E-state index contributed by atoms with van der Waals surface area (Å²) in [4.78, 5) is 11.9. The van der Waals surface area contributed by atoms with E-state index in [0.29, 0.717) is 24.0 Å². The monoisotopic (exact) mass is 342 g/mol. The molecular weight excluding hydrogens is 324 g/mol. The standard InChI is InChI=1S/C17H18N4O2S/c22-16(18-9-8-14-5-2-1-3-6-14)12-24-17-20-19-13-21(17)11-15-7-4-10-23-15/h1-7,10,13H,8-9,11-12H2,(H,18,22). The van der Waals surface area contributed by atoms with Crippen LogP contribution in [0.1, 0.15) is 11.3 Å². The Hall–Kier alpha value is -2.54. The second-order valence-electron chi connectivity index (χ2n) is 5.20. The number of hydrogen-bond acceptors (Lipinski definition) is 5. The highest BCUT2D eigenvalue weighted by Crippen LogP contribution is 2.16. The molecular formula is C17H18N4O2S. The Morgan fingerprint density at radius 1 is 1.21 bits per heavy atom. The normalized spacial score (nSPS) is 10.7. The van der Waals surface area contributed by atoms with E-state index in [0.717, 1.165) is 12.2 Å². The lowest BCUT2D eigenvalue weighted by atomic mass is 10.1. The largest absolute Gasteiger partial charge is 0.467 e. The molecule has 0 spiro atoms. The molecule has 7 heteroatoms. The van der Waals surface area contributed by atoms with Crippen molar-refractivity contribution in [1.82, 2.24) is 20.1 Å². The van der Waals surface area contributed by atoms with E-state index in [1.165, 1.54) is 17.3 Å². The summed E-state index contributed by atoms with van der Waals surface area (Å²) in [5, 5.41) is 11.6. The van der Waals surface area contributed by atoms with Crippen molar-refractivity contribution < 1.29 is 9.21 Å². The van der Waals surface area contributed by atoms with E-state index in [1.54, 1.807) is 12.6 Å². The van der Waals surface area contributed by atoms with Gasteiger partial charge in [-0.1, -0.05) is 42.1 Å². The average Bonchev–Trinajstić information content (AvgIpc) is 3.26. The number of nitrogens with zero attached hydrogens (tertiary/aromatic N) is 3. The van der Waals surface area contributed by atoms with Crippen molar-refractivity contribution >= 4 is 17.7 Å². The maximum Gasteiger partial charge on any atom is 0.230 e. The molecule has 0 radical (unpaired) electrons. The maximum absolute atomic E-state index is 11.9. The van der Waals surface area contributed by atoms with E-state index in [4.69, 9.17) is 4.42 Å². The molecule has 3 aromatic rings. The summed E-state index contributed by atoms with van der Waals surface area (Å²) in [5.41, 5.74) is 1.21. The van der Waals surface area contributed by atoms with Crippen molar-refractivity contribution in [2.75, 3.05) is 12.3 Å². The van der Waals surface area contributed by atoms with Crippen LogP contribution < -0.4 is 5.32 Å². The van der Waals surface area contributed by atoms with Crippen LogP contribution in [0.5, 0.6) is 0 Å². The lowest BCUT2D eigenvalue weighted by molar-refractivity contribution is -0.118. The summed E-state index contributed by atoms with van der Waals surface area (Å²) in [5.74, 6) is 1.12. The molecule has 0 saturated carbocycles. The van der Waals surface area contributed by atoms with Gasteiger partial charge in [-0.25, -0.2) is 0 Å². The van der Waals surface area contributed by atoms with Crippen molar-refractivity contribution in [3.8, 4) is 0 Å². The summed E-state index contributed by atoms with van der Waals surface area (Å²) in [6.45, 7) is 1.18. The van der Waals surface area contributed by atoms with Crippen molar-refractivity contribution in [3.05, 3.63) is 66.4 Å². The van der Waals surface area contributed by atoms with Gasteiger partial charge in [0.05, 0.1) is 18.6 Å². The van der Waals surface area contributed by atoms with Gasteiger partial charge in [-0.05, 0) is 24.1 Å². The maximum atomic E-state index is 11.9. The number of furan rings is 1. The van der Waals surface area contributed by atoms with Gasteiger partial charge in [-0.2, -0.15) is 0 Å². The fourth-order valence-corrected chi connectivity index (χ4v) is 2.95. The lowest BCUT2D eigenvalue weighted by Gasteiger charge is -2.06. The molecule has 24 heavy (non-hydrogen) atoms. The van der Waals surface area contributed by atoms with Crippen LogP contribution in [0.3, 0.4) is 0 Å². The topological polar surface area (TPSA) is 73.0 Å². The molecule has 0 saturated heterocycles. The number of rotatable bonds is 8. The van der Waals surface area contributed by atoms with Gasteiger partial charge in [0, 0.05) is 6.54 Å². The molecule has 6 nitrogen and oxygen atoms in total. The molecule has 0 bridgehead atoms. The molecule has 0 aliphatic carbocycles. The lowest BCUT2D eigenvalue weighted by Crippen LogP contribution is -2.27. The van der Waals surface area contributed by atoms with E-state index in [1.807, 2.05) is 34.9 Å². The molecule has 3 rings (SSSR count). The van der Waals surface area contributed by atoms with Gasteiger partial charge < -0.3 is 14.3 Å². The van der Waals surface area contributed by atoms with Crippen LogP contribution in [0.4, 0.5) is 0 Å². The third-order valence-corrected chi connectivity index (χ3v) is 4.38. The van der Waals surface area contributed by atoms with Gasteiger partial charge in [0.1, 0.15) is 12.1 Å². The van der Waals surface area contributed by atoms with Crippen LogP contribution in [-0.2, 0) is 17.8 Å². The zero-order valence-corrected chi connectivity index (χ0v) is 13.9. The SMILES string of the molecule is O=C(CSc1nncn1Cc1ccco1)NCCc1ccccc1. The number of carbonyl (C=O) groups excluding carboxylic acids is 1. The third-order valence-electron chi connectivity index (χ3n) is 3.40. The van der Waals surface area contributed by atoms with Gasteiger partial charge in [0.15, 0.2) is 5.16 Å². The quantitative estimate of drug-likeness (QED) is 0.636. The number of amides is 1. The van der Waals surface area contributed by atoms with E-state index in [2.05, 4.69) is 27.6 Å². The number of nitrogens with one attached hydrogen (secondary N) is 1. The minimum Gasteiger partial charge on any atom is -0.467 e. The van der Waals surface area contributed by atoms with E-state index in [9.17, 15) is 4.79 Å². The fourth-order valence-electron chi connectivity index (χ4n) is 2.21. The predicted molar refractivity (Wildman–Crippen MR) is 91.7 cm³/mol. The molecule has 1 aromatic carbocycles. The van der Waals surface area contributed by atoms with Crippen molar-refractivity contribution in [3.63, 3.8) is 0 Å². The van der Waals surface area contributed by atoms with Crippen molar-refractivity contribution in [2.45, 2.75) is 18.1 Å². The predicted octanol–water partition coefficient (Wildman–Crippen LogP) is 2.37. The second kappa shape index (κ2) is 8.35.